The summed E-state index contributed by atoms with van der Waals surface area (Å²) < 4.78 is 7.08. The molecule has 0 spiro atoms. The van der Waals surface area contributed by atoms with Gasteiger partial charge in [0.15, 0.2) is 0 Å². The molecule has 0 saturated carbocycles. The number of hydrogen-bond acceptors (Lipinski definition) is 7. The first-order valence-electron chi connectivity index (χ1n) is 12.4. The van der Waals surface area contributed by atoms with E-state index in [-0.39, 0.29) is 22.7 Å². The van der Waals surface area contributed by atoms with Crippen LogP contribution < -0.4 is 10.2 Å². The number of carbonyl (C=O) groups is 3. The van der Waals surface area contributed by atoms with Gasteiger partial charge in [-0.05, 0) is 75.1 Å². The molecule has 0 radical (unpaired) electrons. The number of furan rings is 1. The van der Waals surface area contributed by atoms with Gasteiger partial charge in [0.05, 0.1) is 23.4 Å². The van der Waals surface area contributed by atoms with Crippen LogP contribution in [0.3, 0.4) is 0 Å². The molecule has 0 unspecified atom stereocenters. The topological polar surface area (TPSA) is 131 Å². The minimum absolute atomic E-state index is 0.0331. The highest BCUT2D eigenvalue weighted by Gasteiger charge is 2.36. The number of benzene rings is 1. The van der Waals surface area contributed by atoms with Crippen molar-refractivity contribution in [1.82, 2.24) is 14.8 Å². The molecule has 11 heteroatoms. The zero-order valence-electron chi connectivity index (χ0n) is 21.1. The number of amides is 4. The molecule has 4 amide bonds. The predicted molar refractivity (Wildman–Crippen MR) is 139 cm³/mol. The zero-order valence-corrected chi connectivity index (χ0v) is 21.1. The summed E-state index contributed by atoms with van der Waals surface area (Å²) in [5.41, 5.74) is 3.08. The molecule has 5 rings (SSSR count). The average Bonchev–Trinajstić information content (AvgIpc) is 3.51. The van der Waals surface area contributed by atoms with Crippen LogP contribution in [0.15, 0.2) is 52.7 Å². The van der Waals surface area contributed by atoms with E-state index in [2.05, 4.69) is 10.2 Å². The van der Waals surface area contributed by atoms with Gasteiger partial charge in [-0.15, -0.1) is 0 Å². The number of carbonyl (C=O) groups excluding carboxylic acids is 3. The Morgan fingerprint density at radius 3 is 2.53 bits per heavy atom. The minimum Gasteiger partial charge on any atom is -0.467 e. The lowest BCUT2D eigenvalue weighted by molar-refractivity contribution is -0.384. The number of nitrogens with zero attached hydrogens (tertiary/aromatic N) is 4. The van der Waals surface area contributed by atoms with E-state index in [0.717, 1.165) is 42.9 Å². The number of urea groups is 1. The number of nitrogens with one attached hydrogen (secondary N) is 1. The second-order valence-electron chi connectivity index (χ2n) is 9.43. The largest absolute Gasteiger partial charge is 0.467 e. The summed E-state index contributed by atoms with van der Waals surface area (Å²) in [6.45, 7) is 5.11. The number of imide groups is 2. The van der Waals surface area contributed by atoms with E-state index in [4.69, 9.17) is 4.42 Å². The molecule has 2 aromatic heterocycles. The molecule has 4 heterocycles. The first-order valence-corrected chi connectivity index (χ1v) is 12.4. The fourth-order valence-corrected chi connectivity index (χ4v) is 5.08. The van der Waals surface area contributed by atoms with Gasteiger partial charge in [-0.2, -0.15) is 0 Å². The van der Waals surface area contributed by atoms with Gasteiger partial charge in [-0.3, -0.25) is 29.9 Å². The highest BCUT2D eigenvalue weighted by Crippen LogP contribution is 2.34. The highest BCUT2D eigenvalue weighted by atomic mass is 16.6. The number of anilines is 1. The summed E-state index contributed by atoms with van der Waals surface area (Å²) in [4.78, 5) is 52.6. The van der Waals surface area contributed by atoms with E-state index in [9.17, 15) is 24.5 Å². The Balaban J connectivity index is 1.49. The van der Waals surface area contributed by atoms with Gasteiger partial charge in [0.1, 0.15) is 17.0 Å². The number of piperidine rings is 1. The molecule has 196 valence electrons. The first-order chi connectivity index (χ1) is 18.2. The second-order valence-corrected chi connectivity index (χ2v) is 9.43. The maximum Gasteiger partial charge on any atom is 0.331 e. The van der Waals surface area contributed by atoms with Crippen LogP contribution in [0.2, 0.25) is 0 Å². The Hall–Kier alpha value is -4.67. The van der Waals surface area contributed by atoms with Gasteiger partial charge in [-0.25, -0.2) is 4.79 Å². The van der Waals surface area contributed by atoms with Crippen molar-refractivity contribution in [1.29, 1.82) is 0 Å². The molecule has 11 nitrogen and oxygen atoms in total. The number of hydrogen-bond donors (Lipinski definition) is 1. The van der Waals surface area contributed by atoms with Gasteiger partial charge in [-0.1, -0.05) is 0 Å². The van der Waals surface area contributed by atoms with Crippen molar-refractivity contribution in [2.75, 3.05) is 18.0 Å². The third-order valence-electron chi connectivity index (χ3n) is 6.96. The molecule has 2 saturated heterocycles. The molecular formula is C27H27N5O6. The standard InChI is InChI=1S/C27H27N5O6/c1-17-13-19(14-22-25(33)28-27(35)30(26(22)34)16-21-7-6-12-38-21)18(2)31(17)20-8-9-23(24(15-20)32(36)37)29-10-4-3-5-11-29/h6-9,12-15H,3-5,10-11,16H2,1-2H3,(H,28,33,35)/b22-14+. The summed E-state index contributed by atoms with van der Waals surface area (Å²) in [6, 6.07) is 9.43. The van der Waals surface area contributed by atoms with Crippen LogP contribution in [0.1, 0.15) is 42.0 Å². The monoisotopic (exact) mass is 517 g/mol. The summed E-state index contributed by atoms with van der Waals surface area (Å²) in [6.07, 6.45) is 6.00. The van der Waals surface area contributed by atoms with Crippen LogP contribution in [-0.4, -0.2) is 45.3 Å². The Kier molecular flexibility index (Phi) is 6.58. The van der Waals surface area contributed by atoms with Crippen LogP contribution in [0.5, 0.6) is 0 Å². The lowest BCUT2D eigenvalue weighted by atomic mass is 10.1. The fraction of sp³-hybridized carbons (Fsp3) is 0.296. The third-order valence-corrected chi connectivity index (χ3v) is 6.96. The summed E-state index contributed by atoms with van der Waals surface area (Å²) >= 11 is 0. The number of aryl methyl sites for hydroxylation is 1. The number of aromatic nitrogens is 1. The van der Waals surface area contributed by atoms with Crippen molar-refractivity contribution in [2.24, 2.45) is 0 Å². The number of rotatable bonds is 6. The van der Waals surface area contributed by atoms with Crippen molar-refractivity contribution in [2.45, 2.75) is 39.7 Å². The molecule has 2 aliphatic rings. The maximum atomic E-state index is 13.1. The molecule has 38 heavy (non-hydrogen) atoms. The molecule has 0 bridgehead atoms. The molecule has 1 aromatic carbocycles. The number of nitro benzene ring substituents is 1. The van der Waals surface area contributed by atoms with E-state index in [1.807, 2.05) is 17.6 Å². The molecule has 1 N–H and O–H groups in total. The quantitative estimate of drug-likeness (QED) is 0.224. The van der Waals surface area contributed by atoms with Crippen molar-refractivity contribution in [3.8, 4) is 5.69 Å². The van der Waals surface area contributed by atoms with Gasteiger partial charge in [0, 0.05) is 30.5 Å². The average molecular weight is 518 g/mol. The van der Waals surface area contributed by atoms with Gasteiger partial charge >= 0.3 is 6.03 Å². The first kappa shape index (κ1) is 25.0. The molecule has 2 fully saturated rings. The van der Waals surface area contributed by atoms with Gasteiger partial charge in [0.25, 0.3) is 17.5 Å². The molecule has 2 aliphatic heterocycles. The van der Waals surface area contributed by atoms with E-state index in [1.165, 1.54) is 12.3 Å². The third kappa shape index (κ3) is 4.58. The molecular weight excluding hydrogens is 490 g/mol. The lowest BCUT2D eigenvalue weighted by Crippen LogP contribution is -2.53. The Morgan fingerprint density at radius 2 is 1.84 bits per heavy atom. The Bertz CT molecular complexity index is 1460. The van der Waals surface area contributed by atoms with Crippen LogP contribution in [-0.2, 0) is 16.1 Å². The zero-order chi connectivity index (χ0) is 27.0. The van der Waals surface area contributed by atoms with E-state index < -0.39 is 17.8 Å². The Morgan fingerprint density at radius 1 is 1.08 bits per heavy atom. The molecule has 0 aliphatic carbocycles. The highest BCUT2D eigenvalue weighted by molar-refractivity contribution is 6.31. The maximum absolute atomic E-state index is 13.1. The van der Waals surface area contributed by atoms with E-state index in [0.29, 0.717) is 28.4 Å². The molecule has 0 atom stereocenters. The van der Waals surface area contributed by atoms with Crippen molar-refractivity contribution in [3.63, 3.8) is 0 Å². The number of nitro groups is 1. The molecule has 3 aromatic rings. The minimum atomic E-state index is -0.819. The lowest BCUT2D eigenvalue weighted by Gasteiger charge is -2.28. The van der Waals surface area contributed by atoms with Crippen LogP contribution >= 0.6 is 0 Å². The smallest absolute Gasteiger partial charge is 0.331 e. The van der Waals surface area contributed by atoms with Crippen molar-refractivity contribution < 1.29 is 23.7 Å². The summed E-state index contributed by atoms with van der Waals surface area (Å²) in [7, 11) is 0. The SMILES string of the molecule is Cc1cc(/C=C2\C(=O)NC(=O)N(Cc3ccco3)C2=O)c(C)n1-c1ccc(N2CCCCC2)c([N+](=O)[O-])c1. The van der Waals surface area contributed by atoms with Crippen molar-refractivity contribution in [3.05, 3.63) is 81.1 Å². The fourth-order valence-electron chi connectivity index (χ4n) is 5.08. The van der Waals surface area contributed by atoms with E-state index >= 15 is 0 Å². The van der Waals surface area contributed by atoms with Gasteiger partial charge < -0.3 is 13.9 Å². The second kappa shape index (κ2) is 10.0. The summed E-state index contributed by atoms with van der Waals surface area (Å²) in [5, 5.41) is 14.2. The predicted octanol–water partition coefficient (Wildman–Crippen LogP) is 4.25. The Labute approximate surface area is 218 Å². The van der Waals surface area contributed by atoms with Crippen LogP contribution in [0.25, 0.3) is 11.8 Å². The normalized spacial score (nSPS) is 17.3. The van der Waals surface area contributed by atoms with Crippen LogP contribution in [0, 0.1) is 24.0 Å². The van der Waals surface area contributed by atoms with Crippen LogP contribution in [0.4, 0.5) is 16.2 Å². The van der Waals surface area contributed by atoms with Crippen molar-refractivity contribution >= 4 is 35.3 Å². The number of barbiturate groups is 1. The summed E-state index contributed by atoms with van der Waals surface area (Å²) in [5.74, 6) is -1.13. The van der Waals surface area contributed by atoms with E-state index in [1.54, 1.807) is 37.3 Å². The van der Waals surface area contributed by atoms with Gasteiger partial charge in [0.2, 0.25) is 0 Å².